The Morgan fingerprint density at radius 2 is 2.25 bits per heavy atom. The number of pyridine rings is 1. The number of rotatable bonds is 5. The summed E-state index contributed by atoms with van der Waals surface area (Å²) in [7, 11) is 0. The molecule has 16 heavy (non-hydrogen) atoms. The van der Waals surface area contributed by atoms with Gasteiger partial charge in [0.25, 0.3) is 0 Å². The molecule has 0 saturated carbocycles. The summed E-state index contributed by atoms with van der Waals surface area (Å²) in [5.41, 5.74) is 2.06. The molecule has 2 rings (SSSR count). The number of aryl methyl sites for hydroxylation is 1. The molecule has 84 valence electrons. The first-order valence-electron chi connectivity index (χ1n) is 5.43. The third-order valence-electron chi connectivity index (χ3n) is 2.51. The van der Waals surface area contributed by atoms with Crippen LogP contribution in [0.1, 0.15) is 17.7 Å². The van der Waals surface area contributed by atoms with E-state index in [1.165, 1.54) is 0 Å². The van der Waals surface area contributed by atoms with Gasteiger partial charge in [-0.1, -0.05) is 6.07 Å². The number of furan rings is 1. The Hall–Kier alpha value is -1.61. The zero-order valence-electron chi connectivity index (χ0n) is 9.04. The Balaban J connectivity index is 1.78. The van der Waals surface area contributed by atoms with Crippen molar-refractivity contribution < 1.29 is 9.52 Å². The summed E-state index contributed by atoms with van der Waals surface area (Å²) in [6.45, 7) is 0. The van der Waals surface area contributed by atoms with Crippen molar-refractivity contribution in [1.82, 2.24) is 4.98 Å². The van der Waals surface area contributed by atoms with Gasteiger partial charge in [0.1, 0.15) is 0 Å². The van der Waals surface area contributed by atoms with E-state index in [9.17, 15) is 5.11 Å². The number of aliphatic hydroxyl groups excluding tert-OH is 1. The highest BCUT2D eigenvalue weighted by atomic mass is 16.3. The Morgan fingerprint density at radius 3 is 2.94 bits per heavy atom. The minimum Gasteiger partial charge on any atom is -0.472 e. The van der Waals surface area contributed by atoms with E-state index in [1.807, 2.05) is 24.3 Å². The fourth-order valence-electron chi connectivity index (χ4n) is 1.64. The molecule has 0 aromatic carbocycles. The SMILES string of the molecule is OC(CCc1ccccn1)Cc1ccoc1. The number of aromatic nitrogens is 1. The summed E-state index contributed by atoms with van der Waals surface area (Å²) in [5.74, 6) is 0. The van der Waals surface area contributed by atoms with Crippen molar-refractivity contribution in [2.45, 2.75) is 25.4 Å². The van der Waals surface area contributed by atoms with Gasteiger partial charge in [0.2, 0.25) is 0 Å². The molecule has 0 radical (unpaired) electrons. The van der Waals surface area contributed by atoms with Gasteiger partial charge < -0.3 is 9.52 Å². The van der Waals surface area contributed by atoms with E-state index in [0.29, 0.717) is 6.42 Å². The Kier molecular flexibility index (Phi) is 3.72. The molecule has 0 saturated heterocycles. The van der Waals surface area contributed by atoms with Gasteiger partial charge in [-0.05, 0) is 36.6 Å². The molecule has 3 nitrogen and oxygen atoms in total. The van der Waals surface area contributed by atoms with E-state index >= 15 is 0 Å². The number of hydrogen-bond donors (Lipinski definition) is 1. The Morgan fingerprint density at radius 1 is 1.31 bits per heavy atom. The zero-order valence-corrected chi connectivity index (χ0v) is 9.04. The molecule has 2 heterocycles. The van der Waals surface area contributed by atoms with Crippen LogP contribution >= 0.6 is 0 Å². The first kappa shape index (κ1) is 10.9. The molecule has 2 aromatic heterocycles. The van der Waals surface area contributed by atoms with Crippen molar-refractivity contribution in [1.29, 1.82) is 0 Å². The fraction of sp³-hybridized carbons (Fsp3) is 0.308. The quantitative estimate of drug-likeness (QED) is 0.835. The molecule has 0 aliphatic rings. The van der Waals surface area contributed by atoms with Crippen molar-refractivity contribution in [3.05, 3.63) is 54.2 Å². The molecular formula is C13H15NO2. The Bertz CT molecular complexity index is 397. The summed E-state index contributed by atoms with van der Waals surface area (Å²) in [4.78, 5) is 4.22. The predicted octanol–water partition coefficient (Wildman–Crippen LogP) is 2.21. The average molecular weight is 217 g/mol. The predicted molar refractivity (Wildman–Crippen MR) is 61.0 cm³/mol. The second-order valence-electron chi connectivity index (χ2n) is 3.85. The minimum atomic E-state index is -0.334. The van der Waals surface area contributed by atoms with Crippen LogP contribution in [-0.2, 0) is 12.8 Å². The highest BCUT2D eigenvalue weighted by Crippen LogP contribution is 2.09. The van der Waals surface area contributed by atoms with E-state index in [-0.39, 0.29) is 6.10 Å². The maximum Gasteiger partial charge on any atom is 0.0935 e. The lowest BCUT2D eigenvalue weighted by Crippen LogP contribution is -2.11. The largest absolute Gasteiger partial charge is 0.472 e. The third kappa shape index (κ3) is 3.21. The van der Waals surface area contributed by atoms with E-state index in [1.54, 1.807) is 18.7 Å². The lowest BCUT2D eigenvalue weighted by atomic mass is 10.1. The maximum atomic E-state index is 9.81. The summed E-state index contributed by atoms with van der Waals surface area (Å²) >= 11 is 0. The van der Waals surface area contributed by atoms with Crippen LogP contribution in [0.5, 0.6) is 0 Å². The zero-order chi connectivity index (χ0) is 11.2. The van der Waals surface area contributed by atoms with Crippen LogP contribution in [-0.4, -0.2) is 16.2 Å². The molecule has 0 bridgehead atoms. The number of hydrogen-bond acceptors (Lipinski definition) is 3. The van der Waals surface area contributed by atoms with Crippen LogP contribution in [0.4, 0.5) is 0 Å². The van der Waals surface area contributed by atoms with E-state index in [2.05, 4.69) is 4.98 Å². The molecule has 0 aliphatic heterocycles. The molecular weight excluding hydrogens is 202 g/mol. The van der Waals surface area contributed by atoms with Crippen molar-refractivity contribution in [3.8, 4) is 0 Å². The minimum absolute atomic E-state index is 0.334. The summed E-state index contributed by atoms with van der Waals surface area (Å²) in [6, 6.07) is 7.71. The topological polar surface area (TPSA) is 46.3 Å². The van der Waals surface area contributed by atoms with Crippen molar-refractivity contribution >= 4 is 0 Å². The van der Waals surface area contributed by atoms with E-state index < -0.39 is 0 Å². The van der Waals surface area contributed by atoms with Crippen LogP contribution in [0.15, 0.2) is 47.4 Å². The summed E-state index contributed by atoms with van der Waals surface area (Å²) in [5, 5.41) is 9.81. The second-order valence-corrected chi connectivity index (χ2v) is 3.85. The molecule has 0 fully saturated rings. The van der Waals surface area contributed by atoms with Gasteiger partial charge in [0.15, 0.2) is 0 Å². The molecule has 0 amide bonds. The fourth-order valence-corrected chi connectivity index (χ4v) is 1.64. The molecule has 1 N–H and O–H groups in total. The Labute approximate surface area is 94.8 Å². The summed E-state index contributed by atoms with van der Waals surface area (Å²) < 4.78 is 4.95. The van der Waals surface area contributed by atoms with Crippen molar-refractivity contribution in [2.75, 3.05) is 0 Å². The van der Waals surface area contributed by atoms with Crippen LogP contribution in [0.2, 0.25) is 0 Å². The van der Waals surface area contributed by atoms with Gasteiger partial charge in [0.05, 0.1) is 18.6 Å². The van der Waals surface area contributed by atoms with Gasteiger partial charge in [-0.2, -0.15) is 0 Å². The molecule has 3 heteroatoms. The van der Waals surface area contributed by atoms with E-state index in [4.69, 9.17) is 4.42 Å². The highest BCUT2D eigenvalue weighted by molar-refractivity contribution is 5.07. The van der Waals surface area contributed by atoms with E-state index in [0.717, 1.165) is 24.1 Å². The first-order chi connectivity index (χ1) is 7.84. The van der Waals surface area contributed by atoms with Crippen LogP contribution < -0.4 is 0 Å². The maximum absolute atomic E-state index is 9.81. The highest BCUT2D eigenvalue weighted by Gasteiger charge is 2.07. The summed E-state index contributed by atoms with van der Waals surface area (Å²) in [6.07, 6.45) is 6.91. The monoisotopic (exact) mass is 217 g/mol. The third-order valence-corrected chi connectivity index (χ3v) is 2.51. The van der Waals surface area contributed by atoms with Gasteiger partial charge in [-0.25, -0.2) is 0 Å². The lowest BCUT2D eigenvalue weighted by molar-refractivity contribution is 0.164. The van der Waals surface area contributed by atoms with Crippen LogP contribution in [0.3, 0.4) is 0 Å². The van der Waals surface area contributed by atoms with Crippen molar-refractivity contribution in [2.24, 2.45) is 0 Å². The van der Waals surface area contributed by atoms with Crippen LogP contribution in [0.25, 0.3) is 0 Å². The smallest absolute Gasteiger partial charge is 0.0935 e. The standard InChI is InChI=1S/C13H15NO2/c15-13(9-11-6-8-16-10-11)5-4-12-3-1-2-7-14-12/h1-3,6-8,10,13,15H,4-5,9H2. The molecule has 0 spiro atoms. The average Bonchev–Trinajstić information content (AvgIpc) is 2.81. The van der Waals surface area contributed by atoms with Gasteiger partial charge in [-0.15, -0.1) is 0 Å². The molecule has 1 unspecified atom stereocenters. The van der Waals surface area contributed by atoms with Crippen LogP contribution in [0, 0.1) is 0 Å². The lowest BCUT2D eigenvalue weighted by Gasteiger charge is -2.08. The van der Waals surface area contributed by atoms with Crippen molar-refractivity contribution in [3.63, 3.8) is 0 Å². The van der Waals surface area contributed by atoms with Gasteiger partial charge in [-0.3, -0.25) is 4.98 Å². The molecule has 2 aromatic rings. The normalized spacial score (nSPS) is 12.6. The number of nitrogens with zero attached hydrogens (tertiary/aromatic N) is 1. The first-order valence-corrected chi connectivity index (χ1v) is 5.43. The second kappa shape index (κ2) is 5.47. The molecule has 0 aliphatic carbocycles. The number of aliphatic hydroxyl groups is 1. The van der Waals surface area contributed by atoms with Gasteiger partial charge >= 0.3 is 0 Å². The van der Waals surface area contributed by atoms with Gasteiger partial charge in [0, 0.05) is 18.3 Å². The molecule has 1 atom stereocenters.